The molecule has 0 aliphatic carbocycles. The van der Waals surface area contributed by atoms with E-state index < -0.39 is 11.9 Å². The average molecular weight is 517 g/mol. The Bertz CT molecular complexity index is 994. The van der Waals surface area contributed by atoms with Crippen LogP contribution < -0.4 is 4.74 Å². The number of rotatable bonds is 13. The molecule has 0 unspecified atom stereocenters. The summed E-state index contributed by atoms with van der Waals surface area (Å²) >= 11 is 0. The lowest BCUT2D eigenvalue weighted by atomic mass is 9.93. The number of carbonyl (C=O) groups is 2. The Kier molecular flexibility index (Phi) is 12.0. The number of hydrogen-bond donors (Lipinski definition) is 1. The molecule has 0 saturated carbocycles. The molecule has 3 rings (SSSR count). The molecule has 1 amide bonds. The lowest BCUT2D eigenvalue weighted by Crippen LogP contribution is -2.37. The van der Waals surface area contributed by atoms with Crippen molar-refractivity contribution in [1.82, 2.24) is 9.88 Å². The van der Waals surface area contributed by atoms with E-state index in [-0.39, 0.29) is 22.4 Å². The molecule has 1 atom stereocenters. The summed E-state index contributed by atoms with van der Waals surface area (Å²) in [5.74, 6) is -0.873. The first kappa shape index (κ1) is 30.2. The van der Waals surface area contributed by atoms with E-state index in [2.05, 4.69) is 25.8 Å². The van der Waals surface area contributed by atoms with Crippen LogP contribution in [-0.2, 0) is 33.7 Å². The van der Waals surface area contributed by atoms with Gasteiger partial charge in [0.15, 0.2) is 0 Å². The topological polar surface area (TPSA) is 89.0 Å². The highest BCUT2D eigenvalue weighted by molar-refractivity contribution is 5.84. The molecule has 2 aromatic rings. The van der Waals surface area contributed by atoms with Gasteiger partial charge < -0.3 is 19.5 Å². The zero-order valence-electron chi connectivity index (χ0n) is 22.3. The number of aromatic nitrogens is 1. The summed E-state index contributed by atoms with van der Waals surface area (Å²) in [4.78, 5) is 30.7. The molecule has 1 aromatic carbocycles. The summed E-state index contributed by atoms with van der Waals surface area (Å²) < 4.78 is 11.8. The van der Waals surface area contributed by atoms with Gasteiger partial charge in [-0.05, 0) is 72.9 Å². The van der Waals surface area contributed by atoms with Gasteiger partial charge in [0.25, 0.3) is 0 Å². The molecule has 204 valence electrons. The Hall–Kier alpha value is -3.00. The van der Waals surface area contributed by atoms with Crippen molar-refractivity contribution in [2.75, 3.05) is 26.4 Å². The quantitative estimate of drug-likeness (QED) is 0.374. The third-order valence-electron chi connectivity index (χ3n) is 6.41. The fourth-order valence-electron chi connectivity index (χ4n) is 4.29. The monoisotopic (exact) mass is 516 g/mol. The van der Waals surface area contributed by atoms with Crippen LogP contribution in [0.25, 0.3) is 0 Å². The Morgan fingerprint density at radius 1 is 1.11 bits per heavy atom. The summed E-state index contributed by atoms with van der Waals surface area (Å²) in [5, 5.41) is 9.37. The van der Waals surface area contributed by atoms with Crippen molar-refractivity contribution in [3.05, 3.63) is 59.4 Å². The van der Waals surface area contributed by atoms with Crippen molar-refractivity contribution in [1.29, 1.82) is 0 Å². The first-order chi connectivity index (χ1) is 17.2. The van der Waals surface area contributed by atoms with Crippen LogP contribution in [0, 0.1) is 11.3 Å². The second-order valence-electron chi connectivity index (χ2n) is 10.7. The number of hydrogen-bond acceptors (Lipinski definition) is 5. The molecule has 37 heavy (non-hydrogen) atoms. The highest BCUT2D eigenvalue weighted by atomic mass is 19.0. The molecule has 1 aliphatic rings. The zero-order valence-corrected chi connectivity index (χ0v) is 22.3. The molecule has 2 heterocycles. The number of benzene rings is 1. The minimum atomic E-state index is -0.955. The number of carboxylic acids is 1. The van der Waals surface area contributed by atoms with E-state index in [0.29, 0.717) is 39.3 Å². The molecular formula is C29H41FN2O5. The number of carbonyl (C=O) groups excluding carboxylic acids is 1. The van der Waals surface area contributed by atoms with Crippen LogP contribution >= 0.6 is 0 Å². The van der Waals surface area contributed by atoms with Crippen LogP contribution in [-0.4, -0.2) is 53.2 Å². The van der Waals surface area contributed by atoms with Crippen LogP contribution in [0.1, 0.15) is 63.3 Å². The van der Waals surface area contributed by atoms with E-state index >= 15 is 0 Å². The highest BCUT2D eigenvalue weighted by Gasteiger charge is 2.31. The Labute approximate surface area is 219 Å². The van der Waals surface area contributed by atoms with E-state index in [9.17, 15) is 14.7 Å². The van der Waals surface area contributed by atoms with Gasteiger partial charge in [-0.25, -0.2) is 0 Å². The number of aryl methyl sites for hydroxylation is 1. The van der Waals surface area contributed by atoms with E-state index in [1.807, 2.05) is 42.6 Å². The van der Waals surface area contributed by atoms with Crippen LogP contribution in [0.15, 0.2) is 42.6 Å². The van der Waals surface area contributed by atoms with Crippen molar-refractivity contribution >= 4 is 11.9 Å². The van der Waals surface area contributed by atoms with Crippen LogP contribution in [0.3, 0.4) is 0 Å². The number of carboxylic acid groups (broad SMARTS) is 1. The minimum Gasteiger partial charge on any atom is -0.494 e. The summed E-state index contributed by atoms with van der Waals surface area (Å²) in [6.45, 7) is 9.06. The van der Waals surface area contributed by atoms with Gasteiger partial charge in [-0.15, -0.1) is 0 Å². The third kappa shape index (κ3) is 10.5. The number of aliphatic carboxylic acids is 1. The maximum absolute atomic E-state index is 13.2. The smallest absolute Gasteiger partial charge is 0.304 e. The van der Waals surface area contributed by atoms with Crippen molar-refractivity contribution in [2.45, 2.75) is 65.8 Å². The van der Waals surface area contributed by atoms with Crippen molar-refractivity contribution in [2.24, 2.45) is 11.3 Å². The average Bonchev–Trinajstić information content (AvgIpc) is 2.94. The van der Waals surface area contributed by atoms with Crippen LogP contribution in [0.2, 0.25) is 0 Å². The summed E-state index contributed by atoms with van der Waals surface area (Å²) in [5.41, 5.74) is 3.30. The second kappa shape index (κ2) is 14.7. The van der Waals surface area contributed by atoms with Gasteiger partial charge in [0.2, 0.25) is 5.91 Å². The van der Waals surface area contributed by atoms with Gasteiger partial charge in [-0.1, -0.05) is 32.9 Å². The van der Waals surface area contributed by atoms with Gasteiger partial charge in [0, 0.05) is 31.6 Å². The summed E-state index contributed by atoms with van der Waals surface area (Å²) in [7, 11) is 0. The number of unbranched alkanes of at least 4 members (excludes halogenated alkanes) is 1. The van der Waals surface area contributed by atoms with Gasteiger partial charge in [-0.3, -0.25) is 19.3 Å². The van der Waals surface area contributed by atoms with Gasteiger partial charge >= 0.3 is 5.97 Å². The standard InChI is InChI=1S/C29H40N2O5.FH/c1-29(2,3)12-16-35-17-14-31-21-24-19-26(36-15-7-5-9-25-8-4-6-13-30-25)11-10-22(24)18-23(28(31)34)20-27(32)33;/h4,6,8,10-11,13,19,23H,5,7,9,12,14-18,20-21H2,1-3H3,(H,32,33);1H/t23-;/m0./s1. The molecule has 1 aliphatic heterocycles. The third-order valence-corrected chi connectivity index (χ3v) is 6.41. The Morgan fingerprint density at radius 3 is 2.62 bits per heavy atom. The zero-order chi connectivity index (χ0) is 26.0. The Balaban J connectivity index is 0.00000481. The largest absolute Gasteiger partial charge is 0.494 e. The predicted molar refractivity (Wildman–Crippen MR) is 141 cm³/mol. The first-order valence-electron chi connectivity index (χ1n) is 12.9. The molecule has 8 heteroatoms. The summed E-state index contributed by atoms with van der Waals surface area (Å²) in [6, 6.07) is 11.9. The normalized spacial score (nSPS) is 15.5. The molecule has 0 radical (unpaired) electrons. The predicted octanol–water partition coefficient (Wildman–Crippen LogP) is 5.06. The first-order valence-corrected chi connectivity index (χ1v) is 12.9. The molecule has 0 spiro atoms. The lowest BCUT2D eigenvalue weighted by molar-refractivity contribution is -0.145. The van der Waals surface area contributed by atoms with E-state index in [1.54, 1.807) is 4.90 Å². The maximum Gasteiger partial charge on any atom is 0.304 e. The molecule has 0 fully saturated rings. The van der Waals surface area contributed by atoms with E-state index in [0.717, 1.165) is 48.3 Å². The molecule has 0 bridgehead atoms. The van der Waals surface area contributed by atoms with Crippen LogP contribution in [0.4, 0.5) is 4.70 Å². The SMILES string of the molecule is CC(C)(C)CCOCCN1Cc2cc(OCCCCc3ccccn3)ccc2C[C@@H](CC(=O)O)C1=O.F. The van der Waals surface area contributed by atoms with Crippen molar-refractivity contribution in [3.8, 4) is 5.75 Å². The van der Waals surface area contributed by atoms with E-state index in [1.165, 1.54) is 0 Å². The molecular weight excluding hydrogens is 475 g/mol. The fraction of sp³-hybridized carbons (Fsp3) is 0.552. The van der Waals surface area contributed by atoms with E-state index in [4.69, 9.17) is 9.47 Å². The highest BCUT2D eigenvalue weighted by Crippen LogP contribution is 2.28. The van der Waals surface area contributed by atoms with Gasteiger partial charge in [0.05, 0.1) is 25.6 Å². The van der Waals surface area contributed by atoms with Gasteiger partial charge in [-0.2, -0.15) is 0 Å². The second-order valence-corrected chi connectivity index (χ2v) is 10.7. The molecule has 0 saturated heterocycles. The number of nitrogens with zero attached hydrogens (tertiary/aromatic N) is 2. The fourth-order valence-corrected chi connectivity index (χ4v) is 4.29. The maximum atomic E-state index is 13.2. The molecule has 7 nitrogen and oxygen atoms in total. The number of ether oxygens (including phenoxy) is 2. The summed E-state index contributed by atoms with van der Waals surface area (Å²) in [6.07, 6.45) is 5.85. The number of fused-ring (bicyclic) bond motifs is 1. The number of halogens is 1. The number of pyridine rings is 1. The van der Waals surface area contributed by atoms with Gasteiger partial charge in [0.1, 0.15) is 5.75 Å². The minimum absolute atomic E-state index is 0. The lowest BCUT2D eigenvalue weighted by Gasteiger charge is -2.24. The van der Waals surface area contributed by atoms with Crippen molar-refractivity contribution in [3.63, 3.8) is 0 Å². The van der Waals surface area contributed by atoms with Crippen LogP contribution in [0.5, 0.6) is 5.75 Å². The Morgan fingerprint density at radius 2 is 1.92 bits per heavy atom. The molecule has 1 aromatic heterocycles. The molecule has 1 N–H and O–H groups in total. The van der Waals surface area contributed by atoms with Crippen molar-refractivity contribution < 1.29 is 28.9 Å². The number of amides is 1.